The number of rotatable bonds is 5. The molecule has 2 aromatic carbocycles. The lowest BCUT2D eigenvalue weighted by molar-refractivity contribution is -0.122. The number of barbiturate groups is 1. The fraction of sp³-hybridized carbons (Fsp3) is 0.0500. The van der Waals surface area contributed by atoms with Gasteiger partial charge in [0.1, 0.15) is 17.9 Å². The second kappa shape index (κ2) is 8.01. The molecule has 1 heterocycles. The number of amides is 4. The third-order valence-corrected chi connectivity index (χ3v) is 4.29. The molecule has 4 amide bonds. The number of hydrogen-bond donors (Lipinski definition) is 1. The van der Waals surface area contributed by atoms with Crippen LogP contribution in [0.4, 0.5) is 10.5 Å². The van der Waals surface area contributed by atoms with Crippen molar-refractivity contribution in [3.63, 3.8) is 0 Å². The van der Waals surface area contributed by atoms with Crippen molar-refractivity contribution in [1.82, 2.24) is 5.32 Å². The molecular weight excluding hydrogens is 412 g/mol. The number of benzene rings is 2. The number of ether oxygens (including phenoxy) is 1. The van der Waals surface area contributed by atoms with Crippen molar-refractivity contribution in [2.45, 2.75) is 0 Å². The summed E-state index contributed by atoms with van der Waals surface area (Å²) in [6.45, 7) is 3.88. The number of halogens is 1. The largest absolute Gasteiger partial charge is 0.489 e. The lowest BCUT2D eigenvalue weighted by Gasteiger charge is -2.26. The van der Waals surface area contributed by atoms with Crippen LogP contribution in [-0.2, 0) is 9.59 Å². The fourth-order valence-electron chi connectivity index (χ4n) is 2.52. The van der Waals surface area contributed by atoms with E-state index in [4.69, 9.17) is 4.74 Å². The van der Waals surface area contributed by atoms with Crippen molar-refractivity contribution in [2.24, 2.45) is 0 Å². The summed E-state index contributed by atoms with van der Waals surface area (Å²) in [7, 11) is 0. The predicted octanol–water partition coefficient (Wildman–Crippen LogP) is 3.68. The number of anilines is 1. The number of hydrogen-bond acceptors (Lipinski definition) is 4. The van der Waals surface area contributed by atoms with E-state index in [1.807, 2.05) is 0 Å². The van der Waals surface area contributed by atoms with E-state index in [0.717, 1.165) is 9.37 Å². The van der Waals surface area contributed by atoms with E-state index in [1.54, 1.807) is 54.6 Å². The Morgan fingerprint density at radius 3 is 2.48 bits per heavy atom. The van der Waals surface area contributed by atoms with Crippen molar-refractivity contribution in [3.8, 4) is 5.75 Å². The lowest BCUT2D eigenvalue weighted by Crippen LogP contribution is -2.54. The van der Waals surface area contributed by atoms with Gasteiger partial charge in [-0.15, -0.1) is 0 Å². The molecule has 2 aromatic rings. The zero-order chi connectivity index (χ0) is 19.4. The first-order valence-corrected chi connectivity index (χ1v) is 8.80. The van der Waals surface area contributed by atoms with E-state index in [1.165, 1.54) is 6.08 Å². The topological polar surface area (TPSA) is 75.7 Å². The monoisotopic (exact) mass is 426 g/mol. The van der Waals surface area contributed by atoms with Crippen LogP contribution >= 0.6 is 15.9 Å². The molecule has 0 saturated carbocycles. The van der Waals surface area contributed by atoms with Crippen LogP contribution in [0.1, 0.15) is 5.56 Å². The molecule has 0 aliphatic carbocycles. The summed E-state index contributed by atoms with van der Waals surface area (Å²) in [5, 5.41) is 2.20. The molecule has 0 radical (unpaired) electrons. The third-order valence-electron chi connectivity index (χ3n) is 3.76. The van der Waals surface area contributed by atoms with Gasteiger partial charge in [-0.2, -0.15) is 0 Å². The average Bonchev–Trinajstić information content (AvgIpc) is 2.65. The molecule has 1 N–H and O–H groups in total. The number of nitrogens with one attached hydrogen (secondary N) is 1. The fourth-order valence-corrected chi connectivity index (χ4v) is 2.78. The Labute approximate surface area is 164 Å². The van der Waals surface area contributed by atoms with E-state index in [9.17, 15) is 14.4 Å². The van der Waals surface area contributed by atoms with Gasteiger partial charge in [0, 0.05) is 10.0 Å². The van der Waals surface area contributed by atoms with Gasteiger partial charge in [-0.1, -0.05) is 46.8 Å². The standard InChI is InChI=1S/C20H15BrN2O4/c1-2-11-27-17-6-4-3-5-13(17)12-16-18(24)22-20(26)23(19(16)25)15-9-7-14(21)8-10-15/h2-10,12H,1,11H2,(H,22,24,26)/b16-12+. The highest BCUT2D eigenvalue weighted by Crippen LogP contribution is 2.26. The lowest BCUT2D eigenvalue weighted by atomic mass is 10.1. The molecule has 6 nitrogen and oxygen atoms in total. The second-order valence-corrected chi connectivity index (χ2v) is 6.49. The number of carbonyl (C=O) groups is 3. The Morgan fingerprint density at radius 2 is 1.78 bits per heavy atom. The van der Waals surface area contributed by atoms with Crippen LogP contribution in [0.25, 0.3) is 6.08 Å². The summed E-state index contributed by atoms with van der Waals surface area (Å²) in [5.41, 5.74) is 0.741. The van der Waals surface area contributed by atoms with Crippen LogP contribution < -0.4 is 15.0 Å². The molecular formula is C20H15BrN2O4. The first kappa shape index (κ1) is 18.6. The zero-order valence-corrected chi connectivity index (χ0v) is 15.7. The molecule has 0 unspecified atom stereocenters. The Balaban J connectivity index is 2.00. The van der Waals surface area contributed by atoms with Gasteiger partial charge in [0.05, 0.1) is 5.69 Å². The van der Waals surface area contributed by atoms with Crippen LogP contribution in [0.15, 0.2) is 71.2 Å². The minimum atomic E-state index is -0.791. The van der Waals surface area contributed by atoms with Gasteiger partial charge in [-0.25, -0.2) is 9.69 Å². The quantitative estimate of drug-likeness (QED) is 0.449. The van der Waals surface area contributed by atoms with E-state index >= 15 is 0 Å². The maximum atomic E-state index is 12.9. The first-order chi connectivity index (χ1) is 13.0. The smallest absolute Gasteiger partial charge is 0.335 e. The van der Waals surface area contributed by atoms with Gasteiger partial charge in [-0.3, -0.25) is 14.9 Å². The number of imide groups is 2. The molecule has 0 spiro atoms. The van der Waals surface area contributed by atoms with Gasteiger partial charge in [0.25, 0.3) is 11.8 Å². The molecule has 0 atom stereocenters. The molecule has 1 aliphatic rings. The van der Waals surface area contributed by atoms with Crippen LogP contribution in [0.5, 0.6) is 5.75 Å². The Hall–Kier alpha value is -3.19. The van der Waals surface area contributed by atoms with Crippen molar-refractivity contribution in [1.29, 1.82) is 0 Å². The van der Waals surface area contributed by atoms with Crippen LogP contribution in [0, 0.1) is 0 Å². The van der Waals surface area contributed by atoms with E-state index < -0.39 is 17.8 Å². The van der Waals surface area contributed by atoms with Gasteiger partial charge < -0.3 is 4.74 Å². The van der Waals surface area contributed by atoms with Crippen molar-refractivity contribution >= 4 is 45.5 Å². The van der Waals surface area contributed by atoms with Crippen molar-refractivity contribution in [3.05, 3.63) is 76.8 Å². The maximum absolute atomic E-state index is 12.9. The van der Waals surface area contributed by atoms with Crippen LogP contribution in [-0.4, -0.2) is 24.5 Å². The van der Waals surface area contributed by atoms with Gasteiger partial charge in [-0.05, 0) is 36.4 Å². The molecule has 1 fully saturated rings. The van der Waals surface area contributed by atoms with E-state index in [2.05, 4.69) is 27.8 Å². The summed E-state index contributed by atoms with van der Waals surface area (Å²) in [4.78, 5) is 38.3. The predicted molar refractivity (Wildman–Crippen MR) is 105 cm³/mol. The number of nitrogens with zero attached hydrogens (tertiary/aromatic N) is 1. The summed E-state index contributed by atoms with van der Waals surface area (Å²) in [5.74, 6) is -0.959. The number of urea groups is 1. The van der Waals surface area contributed by atoms with E-state index in [-0.39, 0.29) is 12.2 Å². The minimum absolute atomic E-state index is 0.160. The van der Waals surface area contributed by atoms with Crippen LogP contribution in [0.2, 0.25) is 0 Å². The molecule has 3 rings (SSSR count). The van der Waals surface area contributed by atoms with Crippen LogP contribution in [0.3, 0.4) is 0 Å². The number of carbonyl (C=O) groups excluding carboxylic acids is 3. The first-order valence-electron chi connectivity index (χ1n) is 8.01. The molecule has 1 saturated heterocycles. The minimum Gasteiger partial charge on any atom is -0.489 e. The summed E-state index contributed by atoms with van der Waals surface area (Å²) in [6.07, 6.45) is 3.00. The summed E-state index contributed by atoms with van der Waals surface area (Å²) < 4.78 is 6.35. The van der Waals surface area contributed by atoms with Crippen molar-refractivity contribution < 1.29 is 19.1 Å². The summed E-state index contributed by atoms with van der Waals surface area (Å²) in [6, 6.07) is 12.8. The Bertz CT molecular complexity index is 951. The molecule has 27 heavy (non-hydrogen) atoms. The Kier molecular flexibility index (Phi) is 5.52. The van der Waals surface area contributed by atoms with E-state index in [0.29, 0.717) is 17.0 Å². The summed E-state index contributed by atoms with van der Waals surface area (Å²) >= 11 is 3.30. The maximum Gasteiger partial charge on any atom is 0.335 e. The third kappa shape index (κ3) is 3.98. The highest BCUT2D eigenvalue weighted by Gasteiger charge is 2.36. The zero-order valence-electron chi connectivity index (χ0n) is 14.1. The Morgan fingerprint density at radius 1 is 1.07 bits per heavy atom. The SMILES string of the molecule is C=CCOc1ccccc1/C=C1\C(=O)NC(=O)N(c2ccc(Br)cc2)C1=O. The number of para-hydroxylation sites is 1. The molecule has 1 aliphatic heterocycles. The second-order valence-electron chi connectivity index (χ2n) is 5.57. The van der Waals surface area contributed by atoms with Crippen molar-refractivity contribution in [2.75, 3.05) is 11.5 Å². The molecule has 136 valence electrons. The van der Waals surface area contributed by atoms with Gasteiger partial charge in [0.2, 0.25) is 0 Å². The van der Waals surface area contributed by atoms with Gasteiger partial charge in [0.15, 0.2) is 0 Å². The molecule has 0 bridgehead atoms. The van der Waals surface area contributed by atoms with Gasteiger partial charge >= 0.3 is 6.03 Å². The normalized spacial score (nSPS) is 15.7. The average molecular weight is 427 g/mol. The highest BCUT2D eigenvalue weighted by molar-refractivity contribution is 9.10. The molecule has 0 aromatic heterocycles. The molecule has 7 heteroatoms. The highest BCUT2D eigenvalue weighted by atomic mass is 79.9.